The zero-order chi connectivity index (χ0) is 23.9. The van der Waals surface area contributed by atoms with Gasteiger partial charge in [-0.15, -0.1) is 0 Å². The number of rotatable bonds is 5. The number of likely N-dealkylation sites (tertiary alicyclic amines) is 1. The molecule has 2 amide bonds. The fourth-order valence-electron chi connectivity index (χ4n) is 4.98. The summed E-state index contributed by atoms with van der Waals surface area (Å²) in [5.74, 6) is -2.39. The molecule has 2 aliphatic rings. The van der Waals surface area contributed by atoms with Crippen LogP contribution in [0.15, 0.2) is 28.8 Å². The van der Waals surface area contributed by atoms with E-state index in [0.29, 0.717) is 19.0 Å². The molecule has 9 heteroatoms. The Bertz CT molecular complexity index is 1050. The van der Waals surface area contributed by atoms with Crippen LogP contribution in [-0.4, -0.2) is 66.0 Å². The standard InChI is InChI=1S/C24H30F2N4O3/c1-24(2)9-7-21(24)30-10-8-18(16(13-30)23(32)29(3)4)27-22(31)19-12-20(33-28-19)15-6-5-14(25)11-17(15)26/h5-6,11-12,16,18,21H,7-10,13H2,1-4H3,(H,27,31)/t16-,18-,21-/m1/s1. The monoisotopic (exact) mass is 460 g/mol. The molecule has 3 atom stereocenters. The minimum Gasteiger partial charge on any atom is -0.355 e. The summed E-state index contributed by atoms with van der Waals surface area (Å²) in [6, 6.07) is 4.49. The predicted molar refractivity (Wildman–Crippen MR) is 118 cm³/mol. The maximum atomic E-state index is 14.1. The van der Waals surface area contributed by atoms with Gasteiger partial charge in [0.25, 0.3) is 5.91 Å². The molecule has 33 heavy (non-hydrogen) atoms. The van der Waals surface area contributed by atoms with Gasteiger partial charge in [0, 0.05) is 51.4 Å². The first-order valence-corrected chi connectivity index (χ1v) is 11.2. The number of piperidine rings is 1. The molecule has 1 saturated heterocycles. The zero-order valence-corrected chi connectivity index (χ0v) is 19.4. The van der Waals surface area contributed by atoms with Crippen LogP contribution in [0.4, 0.5) is 8.78 Å². The van der Waals surface area contributed by atoms with Gasteiger partial charge in [0.2, 0.25) is 5.91 Å². The van der Waals surface area contributed by atoms with Crippen molar-refractivity contribution in [3.8, 4) is 11.3 Å². The minimum absolute atomic E-state index is 0.0139. The van der Waals surface area contributed by atoms with Crippen molar-refractivity contribution in [1.82, 2.24) is 20.3 Å². The topological polar surface area (TPSA) is 78.7 Å². The van der Waals surface area contributed by atoms with E-state index in [0.717, 1.165) is 25.1 Å². The maximum Gasteiger partial charge on any atom is 0.273 e. The lowest BCUT2D eigenvalue weighted by molar-refractivity contribution is -0.137. The molecule has 1 aliphatic carbocycles. The van der Waals surface area contributed by atoms with Gasteiger partial charge in [0.1, 0.15) is 11.6 Å². The average molecular weight is 461 g/mol. The van der Waals surface area contributed by atoms with Gasteiger partial charge in [-0.3, -0.25) is 14.5 Å². The van der Waals surface area contributed by atoms with E-state index in [9.17, 15) is 18.4 Å². The molecule has 1 aromatic heterocycles. The maximum absolute atomic E-state index is 14.1. The van der Waals surface area contributed by atoms with Gasteiger partial charge >= 0.3 is 0 Å². The first-order valence-electron chi connectivity index (χ1n) is 11.2. The molecule has 1 N–H and O–H groups in total. The van der Waals surface area contributed by atoms with E-state index in [4.69, 9.17) is 4.52 Å². The van der Waals surface area contributed by atoms with Crippen molar-refractivity contribution >= 4 is 11.8 Å². The van der Waals surface area contributed by atoms with Crippen LogP contribution in [0.1, 0.15) is 43.6 Å². The number of benzene rings is 1. The molecule has 4 rings (SSSR count). The number of carbonyl (C=O) groups excluding carboxylic acids is 2. The third kappa shape index (κ3) is 4.64. The van der Waals surface area contributed by atoms with Crippen molar-refractivity contribution < 1.29 is 22.9 Å². The lowest BCUT2D eigenvalue weighted by atomic mass is 9.66. The van der Waals surface area contributed by atoms with Crippen molar-refractivity contribution in [3.63, 3.8) is 0 Å². The zero-order valence-electron chi connectivity index (χ0n) is 19.4. The average Bonchev–Trinajstić information content (AvgIpc) is 3.23. The van der Waals surface area contributed by atoms with E-state index in [1.165, 1.54) is 18.6 Å². The third-order valence-electron chi connectivity index (χ3n) is 7.06. The number of carbonyl (C=O) groups is 2. The fourth-order valence-corrected chi connectivity index (χ4v) is 4.98. The van der Waals surface area contributed by atoms with Gasteiger partial charge < -0.3 is 14.7 Å². The molecule has 0 unspecified atom stereocenters. The Morgan fingerprint density at radius 2 is 1.97 bits per heavy atom. The Balaban J connectivity index is 1.48. The van der Waals surface area contributed by atoms with Crippen LogP contribution in [-0.2, 0) is 4.79 Å². The van der Waals surface area contributed by atoms with Gasteiger partial charge in [0.15, 0.2) is 11.5 Å². The summed E-state index contributed by atoms with van der Waals surface area (Å²) in [4.78, 5) is 29.8. The van der Waals surface area contributed by atoms with Crippen molar-refractivity contribution in [1.29, 1.82) is 0 Å². The first kappa shape index (κ1) is 23.4. The molecule has 0 bridgehead atoms. The molecule has 1 saturated carbocycles. The molecule has 1 aromatic carbocycles. The number of nitrogens with one attached hydrogen (secondary N) is 1. The highest BCUT2D eigenvalue weighted by Crippen LogP contribution is 2.44. The number of nitrogens with zero attached hydrogens (tertiary/aromatic N) is 3. The minimum atomic E-state index is -0.805. The van der Waals surface area contributed by atoms with Gasteiger partial charge in [-0.25, -0.2) is 8.78 Å². The van der Waals surface area contributed by atoms with Crippen LogP contribution in [0, 0.1) is 23.0 Å². The van der Waals surface area contributed by atoms with Crippen LogP contribution >= 0.6 is 0 Å². The van der Waals surface area contributed by atoms with Gasteiger partial charge in [-0.05, 0) is 36.8 Å². The van der Waals surface area contributed by atoms with E-state index in [1.54, 1.807) is 19.0 Å². The van der Waals surface area contributed by atoms with E-state index in [-0.39, 0.29) is 40.3 Å². The van der Waals surface area contributed by atoms with Crippen molar-refractivity contribution in [2.24, 2.45) is 11.3 Å². The molecule has 0 spiro atoms. The number of hydrogen-bond acceptors (Lipinski definition) is 5. The van der Waals surface area contributed by atoms with Gasteiger partial charge in [-0.1, -0.05) is 19.0 Å². The lowest BCUT2D eigenvalue weighted by Crippen LogP contribution is -2.61. The number of amides is 2. The molecule has 0 radical (unpaired) electrons. The van der Waals surface area contributed by atoms with Crippen LogP contribution in [0.3, 0.4) is 0 Å². The molecule has 2 aromatic rings. The number of hydrogen-bond donors (Lipinski definition) is 1. The molecule has 2 heterocycles. The van der Waals surface area contributed by atoms with Crippen LogP contribution in [0.5, 0.6) is 0 Å². The normalized spacial score (nSPS) is 24.7. The molecule has 178 valence electrons. The SMILES string of the molecule is CN(C)C(=O)[C@@H]1CN([C@@H]2CCC2(C)C)CC[C@H]1NC(=O)c1cc(-c2ccc(F)cc2F)on1. The van der Waals surface area contributed by atoms with Gasteiger partial charge in [0.05, 0.1) is 11.5 Å². The summed E-state index contributed by atoms with van der Waals surface area (Å²) in [5.41, 5.74) is 0.224. The van der Waals surface area contributed by atoms with E-state index >= 15 is 0 Å². The van der Waals surface area contributed by atoms with E-state index < -0.39 is 17.5 Å². The highest BCUT2D eigenvalue weighted by atomic mass is 19.1. The molecule has 7 nitrogen and oxygen atoms in total. The third-order valence-corrected chi connectivity index (χ3v) is 7.06. The largest absolute Gasteiger partial charge is 0.355 e. The van der Waals surface area contributed by atoms with E-state index in [2.05, 4.69) is 29.2 Å². The smallest absolute Gasteiger partial charge is 0.273 e. The van der Waals surface area contributed by atoms with Crippen LogP contribution in [0.25, 0.3) is 11.3 Å². The Morgan fingerprint density at radius 3 is 2.58 bits per heavy atom. The number of aromatic nitrogens is 1. The first-order chi connectivity index (χ1) is 15.6. The Morgan fingerprint density at radius 1 is 1.21 bits per heavy atom. The van der Waals surface area contributed by atoms with Crippen molar-refractivity contribution in [2.45, 2.75) is 45.2 Å². The summed E-state index contributed by atoms with van der Waals surface area (Å²) in [5, 5.41) is 6.69. The second-order valence-electron chi connectivity index (χ2n) is 9.95. The van der Waals surface area contributed by atoms with E-state index in [1.807, 2.05) is 0 Å². The quantitative estimate of drug-likeness (QED) is 0.741. The summed E-state index contributed by atoms with van der Waals surface area (Å²) in [6.07, 6.45) is 2.93. The predicted octanol–water partition coefficient (Wildman–Crippen LogP) is 3.32. The molecule has 2 fully saturated rings. The van der Waals surface area contributed by atoms with Crippen molar-refractivity contribution in [2.75, 3.05) is 27.2 Å². The summed E-state index contributed by atoms with van der Waals surface area (Å²) >= 11 is 0. The summed E-state index contributed by atoms with van der Waals surface area (Å²) in [6.45, 7) is 5.88. The second kappa shape index (κ2) is 8.85. The van der Waals surface area contributed by atoms with Crippen LogP contribution in [0.2, 0.25) is 0 Å². The Labute approximate surface area is 192 Å². The highest BCUT2D eigenvalue weighted by molar-refractivity contribution is 5.94. The molecule has 1 aliphatic heterocycles. The van der Waals surface area contributed by atoms with Crippen LogP contribution < -0.4 is 5.32 Å². The summed E-state index contributed by atoms with van der Waals surface area (Å²) < 4.78 is 32.4. The summed E-state index contributed by atoms with van der Waals surface area (Å²) in [7, 11) is 3.43. The second-order valence-corrected chi connectivity index (χ2v) is 9.95. The highest BCUT2D eigenvalue weighted by Gasteiger charge is 2.46. The van der Waals surface area contributed by atoms with Gasteiger partial charge in [-0.2, -0.15) is 0 Å². The fraction of sp³-hybridized carbons (Fsp3) is 0.542. The Hall–Kier alpha value is -2.81. The lowest BCUT2D eigenvalue weighted by Gasteiger charge is -2.53. The van der Waals surface area contributed by atoms with Crippen molar-refractivity contribution in [3.05, 3.63) is 41.6 Å². The molecular formula is C24H30F2N4O3. The molecular weight excluding hydrogens is 430 g/mol. The number of halogens is 2. The Kier molecular flexibility index (Phi) is 6.26.